The van der Waals surface area contributed by atoms with E-state index in [2.05, 4.69) is 5.32 Å². The molecule has 1 amide bonds. The fraction of sp³-hybridized carbons (Fsp3) is 0.588. The summed E-state index contributed by atoms with van der Waals surface area (Å²) < 4.78 is 16.3. The van der Waals surface area contributed by atoms with E-state index in [1.54, 1.807) is 25.3 Å². The number of amides is 1. The van der Waals surface area contributed by atoms with E-state index in [4.69, 9.17) is 19.9 Å². The van der Waals surface area contributed by atoms with Crippen molar-refractivity contribution in [3.63, 3.8) is 0 Å². The predicted molar refractivity (Wildman–Crippen MR) is 88.0 cm³/mol. The number of rotatable bonds is 8. The van der Waals surface area contributed by atoms with Crippen molar-refractivity contribution in [3.8, 4) is 11.5 Å². The molecule has 0 aromatic heterocycles. The molecule has 2 rings (SSSR count). The minimum Gasteiger partial charge on any atom is -0.497 e. The number of nitrogens with two attached hydrogens (primary N) is 1. The van der Waals surface area contributed by atoms with Crippen molar-refractivity contribution in [2.45, 2.75) is 19.3 Å². The highest BCUT2D eigenvalue weighted by atomic mass is 16.5. The molecular weight excluding hydrogens is 296 g/mol. The molecule has 0 bridgehead atoms. The van der Waals surface area contributed by atoms with Crippen molar-refractivity contribution in [3.05, 3.63) is 23.8 Å². The summed E-state index contributed by atoms with van der Waals surface area (Å²) in [6.07, 6.45) is 2.87. The Morgan fingerprint density at radius 2 is 2.35 bits per heavy atom. The molecule has 0 aliphatic carbocycles. The smallest absolute Gasteiger partial charge is 0.255 e. The highest BCUT2D eigenvalue weighted by Crippen LogP contribution is 2.24. The second-order valence-electron chi connectivity index (χ2n) is 5.65. The van der Waals surface area contributed by atoms with E-state index < -0.39 is 0 Å². The van der Waals surface area contributed by atoms with Crippen LogP contribution in [0.3, 0.4) is 0 Å². The molecule has 128 valence electrons. The minimum absolute atomic E-state index is 0.155. The first-order chi connectivity index (χ1) is 11.2. The maximum atomic E-state index is 12.5. The van der Waals surface area contributed by atoms with E-state index >= 15 is 0 Å². The molecule has 23 heavy (non-hydrogen) atoms. The Kier molecular flexibility index (Phi) is 7.16. The Morgan fingerprint density at radius 1 is 1.48 bits per heavy atom. The first kappa shape index (κ1) is 17.6. The van der Waals surface area contributed by atoms with Gasteiger partial charge in [-0.25, -0.2) is 0 Å². The van der Waals surface area contributed by atoms with Crippen LogP contribution < -0.4 is 20.5 Å². The minimum atomic E-state index is -0.155. The number of hydrogen-bond acceptors (Lipinski definition) is 5. The lowest BCUT2D eigenvalue weighted by atomic mass is 10.0. The van der Waals surface area contributed by atoms with E-state index in [0.717, 1.165) is 25.9 Å². The number of carbonyl (C=O) groups is 1. The zero-order chi connectivity index (χ0) is 16.5. The summed E-state index contributed by atoms with van der Waals surface area (Å²) in [6.45, 7) is 3.18. The van der Waals surface area contributed by atoms with Crippen molar-refractivity contribution in [1.29, 1.82) is 0 Å². The highest BCUT2D eigenvalue weighted by Gasteiger charge is 2.18. The third-order valence-corrected chi connectivity index (χ3v) is 3.84. The third-order valence-electron chi connectivity index (χ3n) is 3.84. The van der Waals surface area contributed by atoms with Crippen LogP contribution in [0.2, 0.25) is 0 Å². The number of nitrogens with one attached hydrogen (secondary N) is 1. The number of benzene rings is 1. The number of hydrogen-bond donors (Lipinski definition) is 2. The zero-order valence-corrected chi connectivity index (χ0v) is 13.7. The van der Waals surface area contributed by atoms with E-state index in [9.17, 15) is 4.79 Å². The highest BCUT2D eigenvalue weighted by molar-refractivity contribution is 5.97. The number of methoxy groups -OCH3 is 1. The van der Waals surface area contributed by atoms with Gasteiger partial charge in [0.25, 0.3) is 5.91 Å². The van der Waals surface area contributed by atoms with Crippen molar-refractivity contribution in [2.24, 2.45) is 11.7 Å². The second-order valence-corrected chi connectivity index (χ2v) is 5.65. The number of ether oxygens (including phenoxy) is 3. The second kappa shape index (κ2) is 9.37. The van der Waals surface area contributed by atoms with Gasteiger partial charge in [-0.3, -0.25) is 4.79 Å². The van der Waals surface area contributed by atoms with Gasteiger partial charge in [-0.1, -0.05) is 0 Å². The van der Waals surface area contributed by atoms with E-state index in [1.807, 2.05) is 0 Å². The van der Waals surface area contributed by atoms with Crippen LogP contribution in [0.5, 0.6) is 11.5 Å². The normalized spacial score (nSPS) is 17.6. The molecular formula is C17H26N2O4. The quantitative estimate of drug-likeness (QED) is 0.710. The standard InChI is InChI=1S/C17H26N2O4/c1-21-14-5-6-16(23-9-3-7-18)15(10-14)17(20)19-11-13-4-2-8-22-12-13/h5-6,10,13H,2-4,7-9,11-12,18H2,1H3,(H,19,20)/t13-/m0/s1. The average molecular weight is 322 g/mol. The summed E-state index contributed by atoms with van der Waals surface area (Å²) in [5, 5.41) is 2.97. The first-order valence-electron chi connectivity index (χ1n) is 8.11. The monoisotopic (exact) mass is 322 g/mol. The molecule has 1 aromatic carbocycles. The molecule has 1 fully saturated rings. The Hall–Kier alpha value is -1.79. The zero-order valence-electron chi connectivity index (χ0n) is 13.7. The summed E-state index contributed by atoms with van der Waals surface area (Å²) >= 11 is 0. The van der Waals surface area contributed by atoms with Crippen molar-refractivity contribution >= 4 is 5.91 Å². The number of carbonyl (C=O) groups excluding carboxylic acids is 1. The van der Waals surface area contributed by atoms with Gasteiger partial charge in [0.15, 0.2) is 0 Å². The van der Waals surface area contributed by atoms with E-state index in [0.29, 0.717) is 49.3 Å². The van der Waals surface area contributed by atoms with Gasteiger partial charge in [0, 0.05) is 13.2 Å². The van der Waals surface area contributed by atoms with Crippen LogP contribution in [0.15, 0.2) is 18.2 Å². The molecule has 0 radical (unpaired) electrons. The summed E-state index contributed by atoms with van der Waals surface area (Å²) in [4.78, 5) is 12.5. The van der Waals surface area contributed by atoms with Gasteiger partial charge in [0.1, 0.15) is 11.5 Å². The molecule has 6 nitrogen and oxygen atoms in total. The van der Waals surface area contributed by atoms with Crippen LogP contribution in [-0.2, 0) is 4.74 Å². The van der Waals surface area contributed by atoms with E-state index in [-0.39, 0.29) is 5.91 Å². The van der Waals surface area contributed by atoms with Crippen molar-refractivity contribution in [1.82, 2.24) is 5.32 Å². The van der Waals surface area contributed by atoms with Crippen LogP contribution in [0.1, 0.15) is 29.6 Å². The molecule has 1 heterocycles. The van der Waals surface area contributed by atoms with Crippen LogP contribution in [-0.4, -0.2) is 45.9 Å². The van der Waals surface area contributed by atoms with Gasteiger partial charge in [0.05, 0.1) is 25.9 Å². The maximum Gasteiger partial charge on any atom is 0.255 e. The van der Waals surface area contributed by atoms with Crippen LogP contribution in [0, 0.1) is 5.92 Å². The van der Waals surface area contributed by atoms with Crippen molar-refractivity contribution in [2.75, 3.05) is 40.0 Å². The molecule has 1 atom stereocenters. The summed E-state index contributed by atoms with van der Waals surface area (Å²) in [5.41, 5.74) is 5.96. The molecule has 3 N–H and O–H groups in total. The summed E-state index contributed by atoms with van der Waals surface area (Å²) in [5.74, 6) is 1.40. The molecule has 0 saturated carbocycles. The Morgan fingerprint density at radius 3 is 3.04 bits per heavy atom. The van der Waals surface area contributed by atoms with Gasteiger partial charge in [-0.2, -0.15) is 0 Å². The summed E-state index contributed by atoms with van der Waals surface area (Å²) in [7, 11) is 1.57. The van der Waals surface area contributed by atoms with Crippen molar-refractivity contribution < 1.29 is 19.0 Å². The average Bonchev–Trinajstić information content (AvgIpc) is 2.61. The Labute approximate surface area is 137 Å². The van der Waals surface area contributed by atoms with Gasteiger partial charge >= 0.3 is 0 Å². The fourth-order valence-corrected chi connectivity index (χ4v) is 2.51. The molecule has 1 saturated heterocycles. The van der Waals surface area contributed by atoms with Gasteiger partial charge < -0.3 is 25.3 Å². The fourth-order valence-electron chi connectivity index (χ4n) is 2.51. The maximum absolute atomic E-state index is 12.5. The molecule has 0 unspecified atom stereocenters. The van der Waals surface area contributed by atoms with Crippen LogP contribution >= 0.6 is 0 Å². The molecule has 1 aromatic rings. The van der Waals surface area contributed by atoms with Crippen LogP contribution in [0.25, 0.3) is 0 Å². The van der Waals surface area contributed by atoms with Gasteiger partial charge in [-0.15, -0.1) is 0 Å². The topological polar surface area (TPSA) is 82.8 Å². The lowest BCUT2D eigenvalue weighted by Gasteiger charge is -2.22. The third kappa shape index (κ3) is 5.41. The van der Waals surface area contributed by atoms with Crippen LogP contribution in [0.4, 0.5) is 0 Å². The largest absolute Gasteiger partial charge is 0.497 e. The lowest BCUT2D eigenvalue weighted by molar-refractivity contribution is 0.0536. The van der Waals surface area contributed by atoms with Gasteiger partial charge in [-0.05, 0) is 49.9 Å². The Bertz CT molecular complexity index is 501. The predicted octanol–water partition coefficient (Wildman–Crippen LogP) is 1.58. The SMILES string of the molecule is COc1ccc(OCCCN)c(C(=O)NC[C@@H]2CCCOC2)c1. The molecule has 1 aliphatic heterocycles. The van der Waals surface area contributed by atoms with E-state index in [1.165, 1.54) is 0 Å². The van der Waals surface area contributed by atoms with Gasteiger partial charge in [0.2, 0.25) is 0 Å². The summed E-state index contributed by atoms with van der Waals surface area (Å²) in [6, 6.07) is 5.24. The molecule has 1 aliphatic rings. The lowest BCUT2D eigenvalue weighted by Crippen LogP contribution is -2.33. The molecule has 0 spiro atoms. The Balaban J connectivity index is 2.00. The molecule has 6 heteroatoms. The first-order valence-corrected chi connectivity index (χ1v) is 8.11.